The monoisotopic (exact) mass is 444 g/mol. The van der Waals surface area contributed by atoms with Gasteiger partial charge in [-0.05, 0) is 42.3 Å². The number of benzene rings is 1. The number of pyridine rings is 1. The van der Waals surface area contributed by atoms with Crippen LogP contribution in [0.1, 0.15) is 27.4 Å². The fourth-order valence-corrected chi connectivity index (χ4v) is 4.01. The zero-order valence-corrected chi connectivity index (χ0v) is 16.9. The lowest BCUT2D eigenvalue weighted by Gasteiger charge is -2.26. The first-order valence-corrected chi connectivity index (χ1v) is 10.1. The third-order valence-corrected chi connectivity index (χ3v) is 5.49. The maximum absolute atomic E-state index is 13.2. The maximum atomic E-state index is 13.2. The van der Waals surface area contributed by atoms with E-state index in [1.807, 2.05) is 10.6 Å². The molecule has 0 radical (unpaired) electrons. The lowest BCUT2D eigenvalue weighted by atomic mass is 10.00. The van der Waals surface area contributed by atoms with E-state index in [0.29, 0.717) is 41.7 Å². The molecule has 2 aliphatic rings. The number of rotatable bonds is 3. The maximum Gasteiger partial charge on any atom is 0.416 e. The number of fused-ring (bicyclic) bond motifs is 2. The largest absolute Gasteiger partial charge is 0.491 e. The normalized spacial score (nSPS) is 17.8. The highest BCUT2D eigenvalue weighted by Crippen LogP contribution is 2.34. The Morgan fingerprint density at radius 3 is 2.88 bits per heavy atom. The molecular weight excluding hydrogens is 425 g/mol. The number of imidazole rings is 1. The lowest BCUT2D eigenvalue weighted by Crippen LogP contribution is -2.43. The average molecular weight is 444 g/mol. The lowest BCUT2D eigenvalue weighted by molar-refractivity contribution is -0.137. The smallest absolute Gasteiger partial charge is 0.416 e. The first-order chi connectivity index (χ1) is 15.4. The van der Waals surface area contributed by atoms with Gasteiger partial charge in [-0.1, -0.05) is 6.07 Å². The average Bonchev–Trinajstić information content (AvgIpc) is 3.18. The number of hydrogen-bond donors (Lipinski definition) is 1. The Morgan fingerprint density at radius 1 is 1.22 bits per heavy atom. The van der Waals surface area contributed by atoms with Gasteiger partial charge in [-0.2, -0.15) is 13.2 Å². The van der Waals surface area contributed by atoms with Crippen molar-refractivity contribution in [1.29, 1.82) is 0 Å². The van der Waals surface area contributed by atoms with E-state index < -0.39 is 23.7 Å². The first-order valence-electron chi connectivity index (χ1n) is 10.1. The van der Waals surface area contributed by atoms with Crippen molar-refractivity contribution < 1.29 is 27.4 Å². The molecule has 1 atom stereocenters. The first kappa shape index (κ1) is 20.5. The second-order valence-electron chi connectivity index (χ2n) is 7.65. The zero-order valence-electron chi connectivity index (χ0n) is 16.9. The Hall–Kier alpha value is -3.40. The van der Waals surface area contributed by atoms with E-state index in [2.05, 4.69) is 15.3 Å². The molecule has 0 bridgehead atoms. The van der Waals surface area contributed by atoms with Crippen molar-refractivity contribution in [3.05, 3.63) is 65.2 Å². The van der Waals surface area contributed by atoms with Crippen molar-refractivity contribution in [3.63, 3.8) is 0 Å². The summed E-state index contributed by atoms with van der Waals surface area (Å²) in [4.78, 5) is 22.0. The van der Waals surface area contributed by atoms with Crippen LogP contribution in [0.4, 0.5) is 13.2 Å². The number of amides is 1. The van der Waals surface area contributed by atoms with Gasteiger partial charge in [0, 0.05) is 12.7 Å². The summed E-state index contributed by atoms with van der Waals surface area (Å²) in [5, 5.41) is 2.86. The third-order valence-electron chi connectivity index (χ3n) is 5.49. The molecule has 1 amide bonds. The summed E-state index contributed by atoms with van der Waals surface area (Å²) in [6.07, 6.45) is -2.58. The van der Waals surface area contributed by atoms with Crippen LogP contribution in [-0.4, -0.2) is 39.7 Å². The molecule has 166 valence electrons. The highest BCUT2D eigenvalue weighted by Gasteiger charge is 2.33. The third kappa shape index (κ3) is 3.81. The Bertz CT molecular complexity index is 1160. The molecule has 32 heavy (non-hydrogen) atoms. The number of nitrogens with zero attached hydrogens (tertiary/aromatic N) is 3. The van der Waals surface area contributed by atoms with Crippen LogP contribution in [0.15, 0.2) is 42.6 Å². The minimum atomic E-state index is -4.44. The van der Waals surface area contributed by atoms with Crippen LogP contribution in [0.25, 0.3) is 11.4 Å². The molecule has 5 rings (SSSR count). The van der Waals surface area contributed by atoms with Crippen LogP contribution in [0.3, 0.4) is 0 Å². The van der Waals surface area contributed by atoms with Crippen molar-refractivity contribution in [2.75, 3.05) is 13.2 Å². The summed E-state index contributed by atoms with van der Waals surface area (Å²) in [6, 6.07) is 8.30. The van der Waals surface area contributed by atoms with Crippen molar-refractivity contribution in [2.45, 2.75) is 31.8 Å². The van der Waals surface area contributed by atoms with E-state index in [0.717, 1.165) is 12.1 Å². The highest BCUT2D eigenvalue weighted by molar-refractivity contribution is 5.98. The van der Waals surface area contributed by atoms with E-state index in [1.54, 1.807) is 18.3 Å². The molecule has 10 heteroatoms. The van der Waals surface area contributed by atoms with Gasteiger partial charge in [0.2, 0.25) is 0 Å². The van der Waals surface area contributed by atoms with Crippen LogP contribution in [0, 0.1) is 0 Å². The van der Waals surface area contributed by atoms with Gasteiger partial charge in [0.15, 0.2) is 5.69 Å². The van der Waals surface area contributed by atoms with Gasteiger partial charge in [-0.3, -0.25) is 9.78 Å². The molecule has 4 heterocycles. The summed E-state index contributed by atoms with van der Waals surface area (Å²) in [5.41, 5.74) is 1.07. The van der Waals surface area contributed by atoms with E-state index in [-0.39, 0.29) is 25.3 Å². The van der Waals surface area contributed by atoms with Crippen molar-refractivity contribution >= 4 is 5.91 Å². The topological polar surface area (TPSA) is 78.3 Å². The van der Waals surface area contributed by atoms with E-state index in [9.17, 15) is 18.0 Å². The number of hydrogen-bond acceptors (Lipinski definition) is 5. The van der Waals surface area contributed by atoms with Gasteiger partial charge in [-0.25, -0.2) is 4.98 Å². The van der Waals surface area contributed by atoms with Crippen LogP contribution in [0.5, 0.6) is 5.75 Å². The minimum absolute atomic E-state index is 0.152. The highest BCUT2D eigenvalue weighted by atomic mass is 19.4. The van der Waals surface area contributed by atoms with Crippen LogP contribution in [0.2, 0.25) is 0 Å². The quantitative estimate of drug-likeness (QED) is 0.671. The fraction of sp³-hybridized carbons (Fsp3) is 0.318. The van der Waals surface area contributed by atoms with Gasteiger partial charge in [-0.15, -0.1) is 0 Å². The Kier molecular flexibility index (Phi) is 5.09. The second kappa shape index (κ2) is 7.94. The molecule has 2 aromatic heterocycles. The molecule has 0 fully saturated rings. The van der Waals surface area contributed by atoms with E-state index in [1.165, 1.54) is 6.07 Å². The predicted molar refractivity (Wildman–Crippen MR) is 107 cm³/mol. The summed E-state index contributed by atoms with van der Waals surface area (Å²) in [7, 11) is 0. The van der Waals surface area contributed by atoms with Crippen molar-refractivity contribution in [2.24, 2.45) is 0 Å². The number of nitrogens with one attached hydrogen (secondary N) is 1. The van der Waals surface area contributed by atoms with Gasteiger partial charge in [0.05, 0.1) is 23.9 Å². The van der Waals surface area contributed by atoms with Crippen LogP contribution >= 0.6 is 0 Å². The van der Waals surface area contributed by atoms with Gasteiger partial charge < -0.3 is 19.4 Å². The number of alkyl halides is 3. The van der Waals surface area contributed by atoms with Crippen LogP contribution in [-0.2, 0) is 30.5 Å². The molecular formula is C22H19F3N4O3. The molecule has 3 aromatic rings. The second-order valence-corrected chi connectivity index (χ2v) is 7.65. The molecule has 0 saturated carbocycles. The number of aromatic nitrogens is 3. The van der Waals surface area contributed by atoms with Gasteiger partial charge in [0.1, 0.15) is 30.5 Å². The molecule has 2 aliphatic heterocycles. The molecule has 0 saturated heterocycles. The van der Waals surface area contributed by atoms with Crippen molar-refractivity contribution in [3.8, 4) is 17.1 Å². The molecule has 7 nitrogen and oxygen atoms in total. The molecule has 0 aliphatic carbocycles. The van der Waals surface area contributed by atoms with E-state index >= 15 is 0 Å². The number of halogens is 3. The minimum Gasteiger partial charge on any atom is -0.491 e. The molecule has 1 N–H and O–H groups in total. The Morgan fingerprint density at radius 2 is 2.09 bits per heavy atom. The SMILES string of the molecule is O=C(N[C@H]1COc2ccc(C(F)(F)F)cc2C1)c1nc2n(c1-c1ccccn1)CCOC2. The molecule has 0 unspecified atom stereocenters. The summed E-state index contributed by atoms with van der Waals surface area (Å²) in [6.45, 7) is 1.48. The predicted octanol–water partition coefficient (Wildman–Crippen LogP) is 3.23. The Labute approximate surface area is 181 Å². The number of carbonyl (C=O) groups is 1. The summed E-state index contributed by atoms with van der Waals surface area (Å²) >= 11 is 0. The van der Waals surface area contributed by atoms with Gasteiger partial charge in [0.25, 0.3) is 5.91 Å². The standard InChI is InChI=1S/C22H19F3N4O3/c23-22(24,25)14-4-5-17-13(9-14)10-15(11-32-17)27-21(30)19-20(16-3-1-2-6-26-16)29-7-8-31-12-18(29)28-19/h1-6,9,15H,7-8,10-12H2,(H,27,30)/t15-/m1/s1. The molecule has 1 aromatic carbocycles. The Balaban J connectivity index is 1.41. The molecule has 0 spiro atoms. The van der Waals surface area contributed by atoms with Gasteiger partial charge >= 0.3 is 6.18 Å². The summed E-state index contributed by atoms with van der Waals surface area (Å²) < 4.78 is 52.2. The number of ether oxygens (including phenoxy) is 2. The summed E-state index contributed by atoms with van der Waals surface area (Å²) in [5.74, 6) is 0.589. The van der Waals surface area contributed by atoms with Crippen LogP contribution < -0.4 is 10.1 Å². The fourth-order valence-electron chi connectivity index (χ4n) is 4.01. The zero-order chi connectivity index (χ0) is 22.3. The van der Waals surface area contributed by atoms with E-state index in [4.69, 9.17) is 9.47 Å². The van der Waals surface area contributed by atoms with Crippen molar-refractivity contribution in [1.82, 2.24) is 19.9 Å². The number of carbonyl (C=O) groups excluding carboxylic acids is 1.